The summed E-state index contributed by atoms with van der Waals surface area (Å²) in [7, 11) is 0. The molecule has 2 aromatic heterocycles. The van der Waals surface area contributed by atoms with Crippen molar-refractivity contribution in [1.29, 1.82) is 0 Å². The summed E-state index contributed by atoms with van der Waals surface area (Å²) in [6, 6.07) is 11.0. The number of hydrogen-bond acceptors (Lipinski definition) is 6. The zero-order chi connectivity index (χ0) is 17.9. The van der Waals surface area contributed by atoms with Crippen LogP contribution < -0.4 is 4.90 Å². The van der Waals surface area contributed by atoms with Gasteiger partial charge in [-0.25, -0.2) is 9.78 Å². The Labute approximate surface area is 154 Å². The van der Waals surface area contributed by atoms with Gasteiger partial charge in [-0.3, -0.25) is 0 Å². The molecule has 0 aliphatic carbocycles. The molecule has 0 bridgehead atoms. The van der Waals surface area contributed by atoms with Crippen molar-refractivity contribution in [3.05, 3.63) is 47.1 Å². The lowest BCUT2D eigenvalue weighted by molar-refractivity contribution is -0.131. The maximum atomic E-state index is 11.6. The molecule has 0 atom stereocenters. The van der Waals surface area contributed by atoms with Gasteiger partial charge in [0, 0.05) is 25.2 Å². The number of aliphatic carboxylic acids is 1. The number of piperidine rings is 1. The van der Waals surface area contributed by atoms with Gasteiger partial charge in [0.2, 0.25) is 0 Å². The fourth-order valence-corrected chi connectivity index (χ4v) is 3.68. The van der Waals surface area contributed by atoms with E-state index in [2.05, 4.69) is 9.88 Å². The standard InChI is InChI=1S/C19H18N2O4S/c22-18(23)16(26-19-20-14-6-2-3-7-15(14)25-19)12-13-8-9-17(24-13)21-10-4-1-5-11-21/h2-3,6-9,12H,1,4-5,10-11H2,(H,22,23)/b16-12-. The number of fused-ring (bicyclic) bond motifs is 1. The van der Waals surface area contributed by atoms with Gasteiger partial charge in [0.1, 0.15) is 16.2 Å². The molecule has 1 fully saturated rings. The van der Waals surface area contributed by atoms with Crippen LogP contribution in [-0.4, -0.2) is 29.1 Å². The van der Waals surface area contributed by atoms with E-state index in [4.69, 9.17) is 8.83 Å². The van der Waals surface area contributed by atoms with Crippen LogP contribution in [0.25, 0.3) is 17.2 Å². The van der Waals surface area contributed by atoms with Crippen molar-refractivity contribution in [2.45, 2.75) is 24.5 Å². The summed E-state index contributed by atoms with van der Waals surface area (Å²) in [6.07, 6.45) is 5.06. The van der Waals surface area contributed by atoms with E-state index in [0.29, 0.717) is 22.1 Å². The van der Waals surface area contributed by atoms with Crippen molar-refractivity contribution in [2.75, 3.05) is 18.0 Å². The van der Waals surface area contributed by atoms with Crippen molar-refractivity contribution in [3.8, 4) is 0 Å². The van der Waals surface area contributed by atoms with Gasteiger partial charge in [-0.2, -0.15) is 0 Å². The number of benzene rings is 1. The number of anilines is 1. The highest BCUT2D eigenvalue weighted by Gasteiger charge is 2.17. The molecule has 26 heavy (non-hydrogen) atoms. The first-order valence-electron chi connectivity index (χ1n) is 8.52. The van der Waals surface area contributed by atoms with E-state index in [0.717, 1.165) is 43.6 Å². The van der Waals surface area contributed by atoms with Gasteiger partial charge in [-0.1, -0.05) is 12.1 Å². The molecule has 0 radical (unpaired) electrons. The molecule has 0 unspecified atom stereocenters. The Morgan fingerprint density at radius 1 is 1.12 bits per heavy atom. The Kier molecular flexibility index (Phi) is 4.71. The lowest BCUT2D eigenvalue weighted by atomic mass is 10.1. The molecule has 0 spiro atoms. The van der Waals surface area contributed by atoms with Crippen LogP contribution in [0.2, 0.25) is 0 Å². The smallest absolute Gasteiger partial charge is 0.342 e. The maximum Gasteiger partial charge on any atom is 0.342 e. The SMILES string of the molecule is O=C(O)/C(=C/c1ccc(N2CCCCC2)o1)Sc1nc2ccccc2o1. The molecule has 7 heteroatoms. The highest BCUT2D eigenvalue weighted by molar-refractivity contribution is 8.03. The largest absolute Gasteiger partial charge is 0.477 e. The van der Waals surface area contributed by atoms with Crippen molar-refractivity contribution in [2.24, 2.45) is 0 Å². The molecule has 3 aromatic rings. The van der Waals surface area contributed by atoms with E-state index in [-0.39, 0.29) is 4.91 Å². The molecule has 1 aromatic carbocycles. The first-order valence-corrected chi connectivity index (χ1v) is 9.34. The Balaban J connectivity index is 1.55. The fraction of sp³-hybridized carbons (Fsp3) is 0.263. The lowest BCUT2D eigenvalue weighted by Crippen LogP contribution is -2.28. The topological polar surface area (TPSA) is 79.7 Å². The summed E-state index contributed by atoms with van der Waals surface area (Å²) in [6.45, 7) is 1.94. The number of carboxylic acid groups (broad SMARTS) is 1. The van der Waals surface area contributed by atoms with E-state index in [1.54, 1.807) is 12.1 Å². The third kappa shape index (κ3) is 3.62. The molecule has 0 amide bonds. The van der Waals surface area contributed by atoms with Crippen LogP contribution in [0.5, 0.6) is 0 Å². The predicted molar refractivity (Wildman–Crippen MR) is 100 cm³/mol. The number of para-hydroxylation sites is 2. The van der Waals surface area contributed by atoms with Gasteiger partial charge in [-0.05, 0) is 49.2 Å². The van der Waals surface area contributed by atoms with Crippen molar-refractivity contribution < 1.29 is 18.7 Å². The van der Waals surface area contributed by atoms with E-state index in [9.17, 15) is 9.90 Å². The second-order valence-electron chi connectivity index (χ2n) is 6.09. The number of nitrogens with zero attached hydrogens (tertiary/aromatic N) is 2. The molecule has 4 rings (SSSR count). The van der Waals surface area contributed by atoms with Crippen LogP contribution in [0.1, 0.15) is 25.0 Å². The van der Waals surface area contributed by atoms with E-state index in [1.807, 2.05) is 24.3 Å². The predicted octanol–water partition coefficient (Wildman–Crippen LogP) is 4.63. The summed E-state index contributed by atoms with van der Waals surface area (Å²) in [5, 5.41) is 9.81. The van der Waals surface area contributed by atoms with Crippen molar-refractivity contribution in [1.82, 2.24) is 4.98 Å². The quantitative estimate of drug-likeness (QED) is 0.518. The van der Waals surface area contributed by atoms with Gasteiger partial charge in [0.15, 0.2) is 11.5 Å². The Hall–Kier alpha value is -2.67. The van der Waals surface area contributed by atoms with Gasteiger partial charge < -0.3 is 18.8 Å². The third-order valence-corrected chi connectivity index (χ3v) is 5.10. The summed E-state index contributed by atoms with van der Waals surface area (Å²) in [4.78, 5) is 18.2. The molecule has 3 heterocycles. The van der Waals surface area contributed by atoms with Crippen LogP contribution >= 0.6 is 11.8 Å². The summed E-state index contributed by atoms with van der Waals surface area (Å²) in [5.74, 6) is 0.243. The number of hydrogen-bond donors (Lipinski definition) is 1. The van der Waals surface area contributed by atoms with Crippen LogP contribution in [0.15, 0.2) is 55.4 Å². The Morgan fingerprint density at radius 2 is 1.92 bits per heavy atom. The van der Waals surface area contributed by atoms with Crippen molar-refractivity contribution >= 4 is 40.8 Å². The lowest BCUT2D eigenvalue weighted by Gasteiger charge is -2.25. The van der Waals surface area contributed by atoms with Gasteiger partial charge in [-0.15, -0.1) is 0 Å². The number of furan rings is 1. The zero-order valence-corrected chi connectivity index (χ0v) is 14.9. The summed E-state index contributed by atoms with van der Waals surface area (Å²) < 4.78 is 11.4. The number of carboxylic acids is 1. The molecule has 0 saturated carbocycles. The summed E-state index contributed by atoms with van der Waals surface area (Å²) >= 11 is 0.972. The minimum Gasteiger partial charge on any atom is -0.477 e. The number of carbonyl (C=O) groups is 1. The van der Waals surface area contributed by atoms with Crippen LogP contribution in [0.3, 0.4) is 0 Å². The Morgan fingerprint density at radius 3 is 2.69 bits per heavy atom. The highest BCUT2D eigenvalue weighted by atomic mass is 32.2. The molecule has 6 nitrogen and oxygen atoms in total. The van der Waals surface area contributed by atoms with Gasteiger partial charge in [0.25, 0.3) is 5.22 Å². The molecular weight excluding hydrogens is 352 g/mol. The first kappa shape index (κ1) is 16.8. The van der Waals surface area contributed by atoms with Gasteiger partial charge in [0.05, 0.1) is 0 Å². The monoisotopic (exact) mass is 370 g/mol. The molecular formula is C19H18N2O4S. The number of rotatable bonds is 5. The Bertz CT molecular complexity index is 920. The number of oxazole rings is 1. The summed E-state index contributed by atoms with van der Waals surface area (Å²) in [5.41, 5.74) is 1.33. The first-order chi connectivity index (χ1) is 12.7. The average molecular weight is 370 g/mol. The minimum atomic E-state index is -1.05. The average Bonchev–Trinajstić information content (AvgIpc) is 3.28. The highest BCUT2D eigenvalue weighted by Crippen LogP contribution is 2.32. The molecule has 1 aliphatic rings. The maximum absolute atomic E-state index is 11.6. The normalized spacial score (nSPS) is 15.5. The van der Waals surface area contributed by atoms with Crippen LogP contribution in [0.4, 0.5) is 5.88 Å². The van der Waals surface area contributed by atoms with Crippen LogP contribution in [-0.2, 0) is 4.79 Å². The molecule has 134 valence electrons. The minimum absolute atomic E-state index is 0.0936. The fourth-order valence-electron chi connectivity index (χ4n) is 2.96. The van der Waals surface area contributed by atoms with Crippen molar-refractivity contribution in [3.63, 3.8) is 0 Å². The second kappa shape index (κ2) is 7.29. The molecule has 1 saturated heterocycles. The molecule has 1 aliphatic heterocycles. The van der Waals surface area contributed by atoms with Crippen LogP contribution in [0, 0.1) is 0 Å². The second-order valence-corrected chi connectivity index (χ2v) is 7.08. The van der Waals surface area contributed by atoms with Gasteiger partial charge >= 0.3 is 5.97 Å². The number of aromatic nitrogens is 1. The van der Waals surface area contributed by atoms with E-state index < -0.39 is 5.97 Å². The third-order valence-electron chi connectivity index (χ3n) is 4.24. The van der Waals surface area contributed by atoms with E-state index >= 15 is 0 Å². The van der Waals surface area contributed by atoms with E-state index in [1.165, 1.54) is 12.5 Å². The number of thioether (sulfide) groups is 1. The zero-order valence-electron chi connectivity index (χ0n) is 14.1. The molecule has 1 N–H and O–H groups in total.